The van der Waals surface area contributed by atoms with E-state index >= 15 is 0 Å². The molecule has 0 radical (unpaired) electrons. The molecule has 0 N–H and O–H groups in total. The number of oxime groups is 1. The van der Waals surface area contributed by atoms with Gasteiger partial charge in [0, 0.05) is 5.56 Å². The van der Waals surface area contributed by atoms with Crippen molar-refractivity contribution in [2.45, 2.75) is 13.5 Å². The highest BCUT2D eigenvalue weighted by molar-refractivity contribution is 6.09. The van der Waals surface area contributed by atoms with Gasteiger partial charge in [-0.25, -0.2) is 4.79 Å². The van der Waals surface area contributed by atoms with Gasteiger partial charge >= 0.3 is 5.97 Å². The van der Waals surface area contributed by atoms with E-state index in [9.17, 15) is 4.79 Å². The summed E-state index contributed by atoms with van der Waals surface area (Å²) < 4.78 is 10.7. The molecule has 0 saturated carbocycles. The van der Waals surface area contributed by atoms with Gasteiger partial charge in [0.15, 0.2) is 0 Å². The second kappa shape index (κ2) is 7.98. The van der Waals surface area contributed by atoms with E-state index in [0.717, 1.165) is 5.56 Å². The van der Waals surface area contributed by atoms with Crippen LogP contribution in [0.15, 0.2) is 53.7 Å². The number of hydrogen-bond donors (Lipinski definition) is 0. The van der Waals surface area contributed by atoms with Crippen molar-refractivity contribution in [2.75, 3.05) is 14.2 Å². The number of benzene rings is 2. The van der Waals surface area contributed by atoms with Crippen LogP contribution in [0.25, 0.3) is 0 Å². The molecule has 2 aromatic carbocycles. The van der Waals surface area contributed by atoms with E-state index in [0.29, 0.717) is 29.2 Å². The van der Waals surface area contributed by atoms with Crippen molar-refractivity contribution in [2.24, 2.45) is 5.16 Å². The third kappa shape index (κ3) is 4.10. The van der Waals surface area contributed by atoms with E-state index in [1.54, 1.807) is 25.1 Å². The van der Waals surface area contributed by atoms with Gasteiger partial charge in [-0.05, 0) is 18.6 Å². The number of rotatable bonds is 6. The van der Waals surface area contributed by atoms with E-state index in [4.69, 9.17) is 14.3 Å². The Bertz CT molecular complexity index is 695. The van der Waals surface area contributed by atoms with Crippen LogP contribution in [0.5, 0.6) is 5.75 Å². The van der Waals surface area contributed by atoms with Crippen molar-refractivity contribution in [1.29, 1.82) is 0 Å². The molecule has 120 valence electrons. The Kier molecular flexibility index (Phi) is 5.74. The van der Waals surface area contributed by atoms with E-state index < -0.39 is 5.97 Å². The van der Waals surface area contributed by atoms with E-state index in [1.807, 2.05) is 30.3 Å². The summed E-state index contributed by atoms with van der Waals surface area (Å²) in [6, 6.07) is 15.0. The van der Waals surface area contributed by atoms with Gasteiger partial charge in [-0.1, -0.05) is 47.6 Å². The number of carbonyl (C=O) groups excluding carboxylic acids is 1. The van der Waals surface area contributed by atoms with Gasteiger partial charge in [-0.15, -0.1) is 0 Å². The molecule has 0 aliphatic rings. The molecule has 0 spiro atoms. The Labute approximate surface area is 135 Å². The number of carbonyl (C=O) groups is 1. The van der Waals surface area contributed by atoms with Crippen LogP contribution in [0.2, 0.25) is 0 Å². The first-order valence-electron chi connectivity index (χ1n) is 7.13. The van der Waals surface area contributed by atoms with E-state index in [2.05, 4.69) is 5.16 Å². The number of hydrogen-bond acceptors (Lipinski definition) is 5. The van der Waals surface area contributed by atoms with E-state index in [1.165, 1.54) is 14.2 Å². The first-order chi connectivity index (χ1) is 11.2. The Morgan fingerprint density at radius 3 is 2.43 bits per heavy atom. The second-order valence-corrected chi connectivity index (χ2v) is 4.80. The van der Waals surface area contributed by atoms with Gasteiger partial charge in [0.25, 0.3) is 0 Å². The van der Waals surface area contributed by atoms with Crippen molar-refractivity contribution in [3.05, 3.63) is 65.2 Å². The maximum atomic E-state index is 12.2. The second-order valence-electron chi connectivity index (χ2n) is 4.80. The van der Waals surface area contributed by atoms with Gasteiger partial charge in [0.1, 0.15) is 25.0 Å². The van der Waals surface area contributed by atoms with Crippen molar-refractivity contribution in [1.82, 2.24) is 0 Å². The highest BCUT2D eigenvalue weighted by Crippen LogP contribution is 2.25. The zero-order chi connectivity index (χ0) is 16.7. The summed E-state index contributed by atoms with van der Waals surface area (Å²) in [6.45, 7) is 2.11. The standard InChI is InChI=1S/C18H19NO4/c1-13(19-22-3)15-10-7-11-16(17(15)18(20)21-2)23-12-14-8-5-4-6-9-14/h4-11H,12H2,1-3H3. The molecule has 0 atom stereocenters. The SMILES string of the molecule is CON=C(C)c1cccc(OCc2ccccc2)c1C(=O)OC. The molecule has 0 amide bonds. The summed E-state index contributed by atoms with van der Waals surface area (Å²) in [6.07, 6.45) is 0. The molecule has 0 aromatic heterocycles. The minimum Gasteiger partial charge on any atom is -0.488 e. The van der Waals surface area contributed by atoms with Crippen LogP contribution in [0.3, 0.4) is 0 Å². The van der Waals surface area contributed by atoms with Crippen LogP contribution in [-0.4, -0.2) is 25.9 Å². The Morgan fingerprint density at radius 2 is 1.78 bits per heavy atom. The summed E-state index contributed by atoms with van der Waals surface area (Å²) in [5.41, 5.74) is 2.53. The lowest BCUT2D eigenvalue weighted by Crippen LogP contribution is -2.12. The van der Waals surface area contributed by atoms with Crippen LogP contribution < -0.4 is 4.74 Å². The van der Waals surface area contributed by atoms with Crippen molar-refractivity contribution in [3.63, 3.8) is 0 Å². The minimum absolute atomic E-state index is 0.337. The van der Waals surface area contributed by atoms with Crippen LogP contribution in [0.1, 0.15) is 28.4 Å². The number of ether oxygens (including phenoxy) is 2. The largest absolute Gasteiger partial charge is 0.488 e. The third-order valence-corrected chi connectivity index (χ3v) is 3.27. The molecule has 2 aromatic rings. The highest BCUT2D eigenvalue weighted by Gasteiger charge is 2.20. The summed E-state index contributed by atoms with van der Waals surface area (Å²) in [7, 11) is 2.79. The fourth-order valence-corrected chi connectivity index (χ4v) is 2.19. The molecule has 23 heavy (non-hydrogen) atoms. The zero-order valence-corrected chi connectivity index (χ0v) is 13.4. The van der Waals surface area contributed by atoms with Crippen molar-refractivity contribution in [3.8, 4) is 5.75 Å². The molecule has 0 fully saturated rings. The fraction of sp³-hybridized carbons (Fsp3) is 0.222. The van der Waals surface area contributed by atoms with Gasteiger partial charge in [-0.3, -0.25) is 0 Å². The van der Waals surface area contributed by atoms with Crippen LogP contribution in [-0.2, 0) is 16.2 Å². The summed E-state index contributed by atoms with van der Waals surface area (Å²) in [5.74, 6) is -0.0295. The molecule has 0 aliphatic heterocycles. The molecule has 0 bridgehead atoms. The summed E-state index contributed by atoms with van der Waals surface area (Å²) in [5, 5.41) is 3.88. The molecule has 0 unspecified atom stereocenters. The normalized spacial score (nSPS) is 11.0. The number of methoxy groups -OCH3 is 1. The predicted molar refractivity (Wildman–Crippen MR) is 87.8 cm³/mol. The fourth-order valence-electron chi connectivity index (χ4n) is 2.19. The smallest absolute Gasteiger partial charge is 0.342 e. The van der Waals surface area contributed by atoms with Gasteiger partial charge in [-0.2, -0.15) is 0 Å². The summed E-state index contributed by atoms with van der Waals surface area (Å²) in [4.78, 5) is 17.0. The maximum Gasteiger partial charge on any atom is 0.342 e. The highest BCUT2D eigenvalue weighted by atomic mass is 16.6. The maximum absolute atomic E-state index is 12.2. The number of esters is 1. The van der Waals surface area contributed by atoms with Gasteiger partial charge in [0.05, 0.1) is 12.8 Å². The lowest BCUT2D eigenvalue weighted by molar-refractivity contribution is 0.0595. The quantitative estimate of drug-likeness (QED) is 0.466. The molecule has 0 heterocycles. The molecule has 0 aliphatic carbocycles. The molecular weight excluding hydrogens is 294 g/mol. The Hall–Kier alpha value is -2.82. The molecule has 0 saturated heterocycles. The van der Waals surface area contributed by atoms with Crippen molar-refractivity contribution >= 4 is 11.7 Å². The van der Waals surface area contributed by atoms with Gasteiger partial charge < -0.3 is 14.3 Å². The first kappa shape index (κ1) is 16.5. The predicted octanol–water partition coefficient (Wildman–Crippen LogP) is 3.42. The monoisotopic (exact) mass is 313 g/mol. The lowest BCUT2D eigenvalue weighted by Gasteiger charge is -2.14. The molecular formula is C18H19NO4. The van der Waals surface area contributed by atoms with Crippen LogP contribution >= 0.6 is 0 Å². The molecule has 5 nitrogen and oxygen atoms in total. The Balaban J connectivity index is 2.36. The minimum atomic E-state index is -0.477. The van der Waals surface area contributed by atoms with Gasteiger partial charge in [0.2, 0.25) is 0 Å². The average Bonchev–Trinajstić information content (AvgIpc) is 2.60. The lowest BCUT2D eigenvalue weighted by atomic mass is 10.0. The Morgan fingerprint density at radius 1 is 1.04 bits per heavy atom. The molecule has 2 rings (SSSR count). The number of nitrogens with zero attached hydrogens (tertiary/aromatic N) is 1. The average molecular weight is 313 g/mol. The summed E-state index contributed by atoms with van der Waals surface area (Å²) >= 11 is 0. The van der Waals surface area contributed by atoms with E-state index in [-0.39, 0.29) is 0 Å². The molecule has 5 heteroatoms. The third-order valence-electron chi connectivity index (χ3n) is 3.27. The van der Waals surface area contributed by atoms with Crippen molar-refractivity contribution < 1.29 is 19.1 Å². The zero-order valence-electron chi connectivity index (χ0n) is 13.4. The topological polar surface area (TPSA) is 57.1 Å². The van der Waals surface area contributed by atoms with Crippen LogP contribution in [0.4, 0.5) is 0 Å². The first-order valence-corrected chi connectivity index (χ1v) is 7.13. The van der Waals surface area contributed by atoms with Crippen LogP contribution in [0, 0.1) is 0 Å².